The van der Waals surface area contributed by atoms with E-state index >= 15 is 0 Å². The number of carbonyl (C=O) groups is 1. The maximum Gasteiger partial charge on any atom is 0.318 e. The van der Waals surface area contributed by atoms with Crippen LogP contribution >= 0.6 is 0 Å². The molecule has 0 spiro atoms. The van der Waals surface area contributed by atoms with Crippen molar-refractivity contribution in [3.05, 3.63) is 23.8 Å². The topological polar surface area (TPSA) is 71.0 Å². The summed E-state index contributed by atoms with van der Waals surface area (Å²) in [4.78, 5) is 13.3. The van der Waals surface area contributed by atoms with Crippen molar-refractivity contribution in [1.29, 1.82) is 0 Å². The van der Waals surface area contributed by atoms with Crippen LogP contribution in [-0.2, 0) is 0 Å². The molecular formula is C13H18N2O4. The highest BCUT2D eigenvalue weighted by Crippen LogP contribution is 2.31. The average Bonchev–Trinajstić information content (AvgIpc) is 2.80. The van der Waals surface area contributed by atoms with E-state index in [0.717, 1.165) is 5.56 Å². The summed E-state index contributed by atoms with van der Waals surface area (Å²) in [6.45, 7) is 0.785. The van der Waals surface area contributed by atoms with Crippen molar-refractivity contribution >= 4 is 6.03 Å². The van der Waals surface area contributed by atoms with Crippen molar-refractivity contribution in [2.75, 3.05) is 33.9 Å². The van der Waals surface area contributed by atoms with Gasteiger partial charge in [-0.05, 0) is 18.2 Å². The smallest absolute Gasteiger partial charge is 0.318 e. The van der Waals surface area contributed by atoms with Gasteiger partial charge in [0, 0.05) is 18.7 Å². The number of carbonyl (C=O) groups excluding carboxylic acids is 1. The van der Waals surface area contributed by atoms with Gasteiger partial charge in [-0.25, -0.2) is 4.79 Å². The minimum Gasteiger partial charge on any atom is -0.497 e. The van der Waals surface area contributed by atoms with Crippen LogP contribution in [0.15, 0.2) is 18.2 Å². The first kappa shape index (κ1) is 13.5. The summed E-state index contributed by atoms with van der Waals surface area (Å²) >= 11 is 0. The highest BCUT2D eigenvalue weighted by molar-refractivity contribution is 5.77. The van der Waals surface area contributed by atoms with Gasteiger partial charge >= 0.3 is 6.03 Å². The van der Waals surface area contributed by atoms with Crippen LogP contribution < -0.4 is 14.8 Å². The highest BCUT2D eigenvalue weighted by Gasteiger charge is 2.31. The van der Waals surface area contributed by atoms with Crippen LogP contribution in [0.4, 0.5) is 4.79 Å². The fraction of sp³-hybridized carbons (Fsp3) is 0.462. The second-order valence-corrected chi connectivity index (χ2v) is 4.28. The minimum absolute atomic E-state index is 0.0462. The van der Waals surface area contributed by atoms with Crippen molar-refractivity contribution in [2.45, 2.75) is 6.04 Å². The lowest BCUT2D eigenvalue weighted by Gasteiger charge is -2.16. The van der Waals surface area contributed by atoms with Crippen molar-refractivity contribution in [1.82, 2.24) is 10.2 Å². The molecule has 104 valence electrons. The van der Waals surface area contributed by atoms with Crippen LogP contribution in [0.2, 0.25) is 0 Å². The molecular weight excluding hydrogens is 248 g/mol. The molecule has 1 fully saturated rings. The Bertz CT molecular complexity index is 464. The second kappa shape index (κ2) is 5.79. The molecule has 6 nitrogen and oxygen atoms in total. The monoisotopic (exact) mass is 266 g/mol. The maximum absolute atomic E-state index is 11.7. The predicted molar refractivity (Wildman–Crippen MR) is 69.5 cm³/mol. The van der Waals surface area contributed by atoms with Gasteiger partial charge in [-0.1, -0.05) is 0 Å². The van der Waals surface area contributed by atoms with Crippen molar-refractivity contribution in [3.8, 4) is 11.5 Å². The summed E-state index contributed by atoms with van der Waals surface area (Å²) in [6, 6.07) is 5.14. The first-order valence-corrected chi connectivity index (χ1v) is 6.07. The lowest BCUT2D eigenvalue weighted by Crippen LogP contribution is -2.30. The fourth-order valence-electron chi connectivity index (χ4n) is 2.19. The third-order valence-corrected chi connectivity index (χ3v) is 3.17. The van der Waals surface area contributed by atoms with Gasteiger partial charge in [-0.3, -0.25) is 0 Å². The van der Waals surface area contributed by atoms with Crippen LogP contribution in [-0.4, -0.2) is 50.0 Å². The zero-order chi connectivity index (χ0) is 13.8. The Morgan fingerprint density at radius 2 is 2.21 bits per heavy atom. The van der Waals surface area contributed by atoms with E-state index in [-0.39, 0.29) is 18.7 Å². The zero-order valence-corrected chi connectivity index (χ0v) is 11.0. The zero-order valence-electron chi connectivity index (χ0n) is 11.0. The van der Waals surface area contributed by atoms with Gasteiger partial charge in [-0.15, -0.1) is 0 Å². The van der Waals surface area contributed by atoms with Gasteiger partial charge in [0.1, 0.15) is 11.5 Å². The first-order chi connectivity index (χ1) is 9.19. The van der Waals surface area contributed by atoms with Gasteiger partial charge in [0.05, 0.1) is 26.9 Å². The Balaban J connectivity index is 2.24. The number of methoxy groups -OCH3 is 2. The Morgan fingerprint density at radius 1 is 1.42 bits per heavy atom. The number of rotatable bonds is 5. The van der Waals surface area contributed by atoms with Crippen molar-refractivity contribution < 1.29 is 19.4 Å². The molecule has 1 aliphatic heterocycles. The van der Waals surface area contributed by atoms with Crippen LogP contribution in [0.5, 0.6) is 11.5 Å². The van der Waals surface area contributed by atoms with Gasteiger partial charge < -0.3 is 24.8 Å². The Hall–Kier alpha value is -1.95. The number of aliphatic hydroxyl groups is 1. The molecule has 0 bridgehead atoms. The van der Waals surface area contributed by atoms with Crippen LogP contribution in [0.1, 0.15) is 11.6 Å². The molecule has 1 atom stereocenters. The molecule has 19 heavy (non-hydrogen) atoms. The van der Waals surface area contributed by atoms with Gasteiger partial charge in [-0.2, -0.15) is 0 Å². The third-order valence-electron chi connectivity index (χ3n) is 3.17. The molecule has 2 amide bonds. The number of nitrogens with one attached hydrogen (secondary N) is 1. The molecule has 1 saturated heterocycles. The van der Waals surface area contributed by atoms with Crippen molar-refractivity contribution in [3.63, 3.8) is 0 Å². The highest BCUT2D eigenvalue weighted by atomic mass is 16.5. The van der Waals surface area contributed by atoms with Gasteiger partial charge in [0.25, 0.3) is 0 Å². The lowest BCUT2D eigenvalue weighted by molar-refractivity contribution is 0.196. The number of aliphatic hydroxyl groups excluding tert-OH is 1. The summed E-state index contributed by atoms with van der Waals surface area (Å²) in [7, 11) is 3.18. The standard InChI is InChI=1S/C13H18N2O4/c1-18-9-3-4-12(19-2)10(7-9)11-8-15(5-6-16)13(17)14-11/h3-4,7,11,16H,5-6,8H2,1-2H3,(H,14,17). The Morgan fingerprint density at radius 3 is 2.84 bits per heavy atom. The van der Waals surface area contributed by atoms with E-state index in [1.165, 1.54) is 0 Å². The van der Waals surface area contributed by atoms with Gasteiger partial charge in [0.15, 0.2) is 0 Å². The quantitative estimate of drug-likeness (QED) is 0.825. The second-order valence-electron chi connectivity index (χ2n) is 4.28. The molecule has 0 saturated carbocycles. The number of ether oxygens (including phenoxy) is 2. The largest absolute Gasteiger partial charge is 0.497 e. The van der Waals surface area contributed by atoms with Crippen LogP contribution in [0.25, 0.3) is 0 Å². The summed E-state index contributed by atoms with van der Waals surface area (Å²) in [5, 5.41) is 11.8. The normalized spacial score (nSPS) is 18.4. The molecule has 1 unspecified atom stereocenters. The number of benzene rings is 1. The summed E-state index contributed by atoms with van der Waals surface area (Å²) in [5.41, 5.74) is 0.871. The molecule has 1 aromatic carbocycles. The molecule has 0 radical (unpaired) electrons. The number of urea groups is 1. The molecule has 1 heterocycles. The molecule has 1 aliphatic rings. The third kappa shape index (κ3) is 2.73. The fourth-order valence-corrected chi connectivity index (χ4v) is 2.19. The maximum atomic E-state index is 11.7. The van der Waals surface area contributed by atoms with E-state index in [4.69, 9.17) is 14.6 Å². The van der Waals surface area contributed by atoms with Crippen molar-refractivity contribution in [2.24, 2.45) is 0 Å². The molecule has 0 aliphatic carbocycles. The van der Waals surface area contributed by atoms with E-state index < -0.39 is 0 Å². The van der Waals surface area contributed by atoms with E-state index in [0.29, 0.717) is 24.6 Å². The van der Waals surface area contributed by atoms with E-state index in [1.54, 1.807) is 19.1 Å². The Kier molecular flexibility index (Phi) is 4.11. The lowest BCUT2D eigenvalue weighted by atomic mass is 10.1. The van der Waals surface area contributed by atoms with E-state index in [1.807, 2.05) is 18.2 Å². The number of hydrogen-bond donors (Lipinski definition) is 2. The molecule has 6 heteroatoms. The molecule has 0 aromatic heterocycles. The van der Waals surface area contributed by atoms with Gasteiger partial charge in [0.2, 0.25) is 0 Å². The molecule has 1 aromatic rings. The number of hydrogen-bond acceptors (Lipinski definition) is 4. The van der Waals surface area contributed by atoms with E-state index in [2.05, 4.69) is 5.32 Å². The SMILES string of the molecule is COc1ccc(OC)c(C2CN(CCO)C(=O)N2)c1. The molecule has 2 rings (SSSR count). The summed E-state index contributed by atoms with van der Waals surface area (Å²) in [6.07, 6.45) is 0. The minimum atomic E-state index is -0.177. The summed E-state index contributed by atoms with van der Waals surface area (Å²) in [5.74, 6) is 1.42. The number of amides is 2. The van der Waals surface area contributed by atoms with Crippen LogP contribution in [0.3, 0.4) is 0 Å². The molecule has 2 N–H and O–H groups in total. The van der Waals surface area contributed by atoms with E-state index in [9.17, 15) is 4.79 Å². The predicted octanol–water partition coefficient (Wildman–Crippen LogP) is 0.762. The average molecular weight is 266 g/mol. The first-order valence-electron chi connectivity index (χ1n) is 6.07. The van der Waals surface area contributed by atoms with Crippen LogP contribution in [0, 0.1) is 0 Å². The number of nitrogens with zero attached hydrogens (tertiary/aromatic N) is 1. The Labute approximate surface area is 111 Å². The number of β-amino-alcohol motifs (C(OH)–C–C–N with tert-alkyl or cyclic N) is 1. The summed E-state index contributed by atoms with van der Waals surface area (Å²) < 4.78 is 10.5.